The molecule has 1 saturated heterocycles. The largest absolute Gasteiger partial charge is 0.464 e. The monoisotopic (exact) mass is 411 g/mol. The first-order valence-electron chi connectivity index (χ1n) is 7.67. The third-order valence-electron chi connectivity index (χ3n) is 4.14. The van der Waals surface area contributed by atoms with Crippen molar-refractivity contribution in [2.24, 2.45) is 0 Å². The number of amides is 1. The van der Waals surface area contributed by atoms with Gasteiger partial charge in [-0.25, -0.2) is 8.42 Å². The van der Waals surface area contributed by atoms with Gasteiger partial charge in [-0.05, 0) is 53.5 Å². The van der Waals surface area contributed by atoms with Gasteiger partial charge in [-0.2, -0.15) is 0 Å². The maximum atomic E-state index is 13.0. The SMILES string of the molecule is Cc1ccc(CN(C(=O)c2ccccc2Br)[C@H]2CCS(=O)(=O)C2)o1. The zero-order chi connectivity index (χ0) is 17.3. The van der Waals surface area contributed by atoms with E-state index in [-0.39, 0.29) is 30.0 Å². The molecule has 3 rings (SSSR count). The van der Waals surface area contributed by atoms with E-state index in [1.165, 1.54) is 0 Å². The number of hydrogen-bond acceptors (Lipinski definition) is 4. The summed E-state index contributed by atoms with van der Waals surface area (Å²) in [5.41, 5.74) is 0.519. The van der Waals surface area contributed by atoms with Gasteiger partial charge < -0.3 is 9.32 Å². The number of rotatable bonds is 4. The van der Waals surface area contributed by atoms with E-state index >= 15 is 0 Å². The van der Waals surface area contributed by atoms with E-state index in [1.54, 1.807) is 23.1 Å². The summed E-state index contributed by atoms with van der Waals surface area (Å²) in [7, 11) is -3.09. The first kappa shape index (κ1) is 17.2. The zero-order valence-electron chi connectivity index (χ0n) is 13.2. The van der Waals surface area contributed by atoms with E-state index < -0.39 is 9.84 Å². The summed E-state index contributed by atoms with van der Waals surface area (Å²) in [6, 6.07) is 10.5. The van der Waals surface area contributed by atoms with E-state index in [0.717, 1.165) is 5.76 Å². The quantitative estimate of drug-likeness (QED) is 0.774. The first-order valence-corrected chi connectivity index (χ1v) is 10.3. The number of aryl methyl sites for hydroxylation is 1. The minimum atomic E-state index is -3.09. The molecule has 1 aliphatic heterocycles. The highest BCUT2D eigenvalue weighted by atomic mass is 79.9. The van der Waals surface area contributed by atoms with Crippen molar-refractivity contribution in [3.8, 4) is 0 Å². The first-order chi connectivity index (χ1) is 11.4. The number of benzene rings is 1. The molecule has 0 aliphatic carbocycles. The lowest BCUT2D eigenvalue weighted by molar-refractivity contribution is 0.0664. The fourth-order valence-corrected chi connectivity index (χ4v) is 5.10. The maximum Gasteiger partial charge on any atom is 0.255 e. The minimum absolute atomic E-state index is 0.00286. The van der Waals surface area contributed by atoms with Crippen molar-refractivity contribution in [2.45, 2.75) is 25.9 Å². The fourth-order valence-electron chi connectivity index (χ4n) is 2.92. The molecule has 1 atom stereocenters. The number of carbonyl (C=O) groups excluding carboxylic acids is 1. The third-order valence-corrected chi connectivity index (χ3v) is 6.58. The van der Waals surface area contributed by atoms with Crippen LogP contribution in [0.15, 0.2) is 45.3 Å². The normalized spacial score (nSPS) is 19.3. The molecule has 7 heteroatoms. The lowest BCUT2D eigenvalue weighted by Gasteiger charge is -2.28. The Morgan fingerprint density at radius 1 is 1.29 bits per heavy atom. The fraction of sp³-hybridized carbons (Fsp3) is 0.353. The van der Waals surface area contributed by atoms with Gasteiger partial charge in [0.15, 0.2) is 9.84 Å². The van der Waals surface area contributed by atoms with Crippen molar-refractivity contribution in [3.05, 3.63) is 58.0 Å². The van der Waals surface area contributed by atoms with Crippen molar-refractivity contribution in [2.75, 3.05) is 11.5 Å². The molecule has 1 fully saturated rings. The molecule has 0 saturated carbocycles. The van der Waals surface area contributed by atoms with Crippen LogP contribution in [0.1, 0.15) is 28.3 Å². The Labute approximate surface area is 149 Å². The van der Waals surface area contributed by atoms with Crippen LogP contribution in [0, 0.1) is 6.92 Å². The van der Waals surface area contributed by atoms with Gasteiger partial charge >= 0.3 is 0 Å². The van der Waals surface area contributed by atoms with Gasteiger partial charge in [-0.1, -0.05) is 12.1 Å². The van der Waals surface area contributed by atoms with E-state index in [4.69, 9.17) is 4.42 Å². The number of sulfone groups is 1. The summed E-state index contributed by atoms with van der Waals surface area (Å²) in [5.74, 6) is 1.34. The standard InChI is InChI=1S/C17H18BrNO4S/c1-12-6-7-14(23-12)10-19(13-8-9-24(21,22)11-13)17(20)15-4-2-3-5-16(15)18/h2-7,13H,8-11H2,1H3/t13-/m0/s1. The molecule has 2 aromatic rings. The highest BCUT2D eigenvalue weighted by Crippen LogP contribution is 2.25. The summed E-state index contributed by atoms with van der Waals surface area (Å²) in [6.07, 6.45) is 0.457. The molecule has 128 valence electrons. The second-order valence-electron chi connectivity index (χ2n) is 5.98. The van der Waals surface area contributed by atoms with Crippen LogP contribution in [0.3, 0.4) is 0 Å². The maximum absolute atomic E-state index is 13.0. The Hall–Kier alpha value is -1.60. The van der Waals surface area contributed by atoms with Crippen molar-refractivity contribution >= 4 is 31.7 Å². The molecule has 1 aromatic carbocycles. The number of nitrogens with zero attached hydrogens (tertiary/aromatic N) is 1. The van der Waals surface area contributed by atoms with Gasteiger partial charge in [-0.3, -0.25) is 4.79 Å². The van der Waals surface area contributed by atoms with Gasteiger partial charge in [0.2, 0.25) is 0 Å². The Kier molecular flexibility index (Phi) is 4.83. The van der Waals surface area contributed by atoms with Gasteiger partial charge in [0, 0.05) is 10.5 Å². The van der Waals surface area contributed by atoms with Crippen LogP contribution < -0.4 is 0 Å². The molecule has 1 amide bonds. The average molecular weight is 412 g/mol. The van der Waals surface area contributed by atoms with Gasteiger partial charge in [0.25, 0.3) is 5.91 Å². The van der Waals surface area contributed by atoms with E-state index in [9.17, 15) is 13.2 Å². The van der Waals surface area contributed by atoms with Crippen LogP contribution in [-0.2, 0) is 16.4 Å². The molecule has 0 N–H and O–H groups in total. The Morgan fingerprint density at radius 2 is 2.04 bits per heavy atom. The molecule has 24 heavy (non-hydrogen) atoms. The number of halogens is 1. The van der Waals surface area contributed by atoms with E-state index in [1.807, 2.05) is 25.1 Å². The third kappa shape index (κ3) is 3.72. The Balaban J connectivity index is 1.92. The molecule has 5 nitrogen and oxygen atoms in total. The second-order valence-corrected chi connectivity index (χ2v) is 9.07. The van der Waals surface area contributed by atoms with Crippen LogP contribution >= 0.6 is 15.9 Å². The van der Waals surface area contributed by atoms with E-state index in [0.29, 0.717) is 22.2 Å². The van der Waals surface area contributed by atoms with E-state index in [2.05, 4.69) is 15.9 Å². The predicted octanol–water partition coefficient (Wildman–Crippen LogP) is 3.18. The summed E-state index contributed by atoms with van der Waals surface area (Å²) >= 11 is 3.40. The van der Waals surface area contributed by atoms with Crippen LogP contribution in [-0.4, -0.2) is 36.8 Å². The molecule has 0 unspecified atom stereocenters. The average Bonchev–Trinajstić information content (AvgIpc) is 3.10. The highest BCUT2D eigenvalue weighted by Gasteiger charge is 2.35. The Bertz CT molecular complexity index is 859. The van der Waals surface area contributed by atoms with Crippen LogP contribution in [0.25, 0.3) is 0 Å². The topological polar surface area (TPSA) is 67.6 Å². The molecular weight excluding hydrogens is 394 g/mol. The summed E-state index contributed by atoms with van der Waals surface area (Å²) in [6.45, 7) is 2.09. The van der Waals surface area contributed by atoms with Crippen molar-refractivity contribution < 1.29 is 17.6 Å². The second kappa shape index (κ2) is 6.72. The molecule has 1 aliphatic rings. The van der Waals surface area contributed by atoms with Crippen molar-refractivity contribution in [1.29, 1.82) is 0 Å². The van der Waals surface area contributed by atoms with Gasteiger partial charge in [0.1, 0.15) is 11.5 Å². The number of carbonyl (C=O) groups is 1. The van der Waals surface area contributed by atoms with Gasteiger partial charge in [-0.15, -0.1) is 0 Å². The molecular formula is C17H18BrNO4S. The lowest BCUT2D eigenvalue weighted by atomic mass is 10.1. The highest BCUT2D eigenvalue weighted by molar-refractivity contribution is 9.10. The molecule has 0 spiro atoms. The van der Waals surface area contributed by atoms with Crippen molar-refractivity contribution in [1.82, 2.24) is 4.90 Å². The molecule has 0 bridgehead atoms. The van der Waals surface area contributed by atoms with Crippen molar-refractivity contribution in [3.63, 3.8) is 0 Å². The summed E-state index contributed by atoms with van der Waals surface area (Å²) in [4.78, 5) is 14.6. The summed E-state index contributed by atoms with van der Waals surface area (Å²) < 4.78 is 30.0. The number of furan rings is 1. The Morgan fingerprint density at radius 3 is 2.62 bits per heavy atom. The number of hydrogen-bond donors (Lipinski definition) is 0. The van der Waals surface area contributed by atoms with Crippen LogP contribution in [0.5, 0.6) is 0 Å². The summed E-state index contributed by atoms with van der Waals surface area (Å²) in [5, 5.41) is 0. The zero-order valence-corrected chi connectivity index (χ0v) is 15.6. The molecule has 0 radical (unpaired) electrons. The smallest absolute Gasteiger partial charge is 0.255 e. The predicted molar refractivity (Wildman–Crippen MR) is 94.5 cm³/mol. The van der Waals surface area contributed by atoms with Crippen LogP contribution in [0.2, 0.25) is 0 Å². The molecule has 1 aromatic heterocycles. The van der Waals surface area contributed by atoms with Crippen LogP contribution in [0.4, 0.5) is 0 Å². The molecule has 2 heterocycles. The van der Waals surface area contributed by atoms with Gasteiger partial charge in [0.05, 0.1) is 23.6 Å². The lowest BCUT2D eigenvalue weighted by Crippen LogP contribution is -2.40. The minimum Gasteiger partial charge on any atom is -0.464 e.